The molecule has 0 aliphatic rings. The van der Waals surface area contributed by atoms with E-state index in [-0.39, 0.29) is 17.1 Å². The van der Waals surface area contributed by atoms with Crippen LogP contribution in [0.25, 0.3) is 22.6 Å². The predicted molar refractivity (Wildman–Crippen MR) is 135 cm³/mol. The van der Waals surface area contributed by atoms with E-state index in [1.807, 2.05) is 6.92 Å². The van der Waals surface area contributed by atoms with Crippen LogP contribution in [0.5, 0.6) is 0 Å². The monoisotopic (exact) mass is 493 g/mol. The number of fused-ring (bicyclic) bond motifs is 1. The van der Waals surface area contributed by atoms with Gasteiger partial charge in [-0.05, 0) is 38.1 Å². The van der Waals surface area contributed by atoms with Crippen molar-refractivity contribution >= 4 is 22.9 Å². The van der Waals surface area contributed by atoms with Crippen LogP contribution < -0.4 is 27.0 Å². The molecule has 4 aromatic rings. The summed E-state index contributed by atoms with van der Waals surface area (Å²) in [5.41, 5.74) is 5.90. The molecular weight excluding hydrogens is 466 g/mol. The normalized spacial score (nSPS) is 11.0. The van der Waals surface area contributed by atoms with Gasteiger partial charge in [-0.1, -0.05) is 0 Å². The molecule has 0 bridgehead atoms. The lowest BCUT2D eigenvalue weighted by molar-refractivity contribution is 0.0974. The Hall–Kier alpha value is -4.52. The lowest BCUT2D eigenvalue weighted by atomic mass is 10.2. The standard InChI is InChI=1S/C23H27N9O4/c1-4-26-31-20-18(22(34)32(23(31)35)27-5-2)28-19(29-20)15-8-9-17(25-14-15)30(11-12-36-3)21(33)16-7-6-10-24-13-16/h6-10,13-14,26-27H,4-5,11-12H2,1-3H3,(H,28,29). The van der Waals surface area contributed by atoms with Crippen molar-refractivity contribution in [2.75, 3.05) is 49.1 Å². The molecule has 0 spiro atoms. The number of carbonyl (C=O) groups is 1. The highest BCUT2D eigenvalue weighted by Gasteiger charge is 2.21. The van der Waals surface area contributed by atoms with Crippen LogP contribution in [-0.4, -0.2) is 68.5 Å². The van der Waals surface area contributed by atoms with Gasteiger partial charge in [0.05, 0.1) is 18.7 Å². The van der Waals surface area contributed by atoms with Crippen molar-refractivity contribution < 1.29 is 9.53 Å². The van der Waals surface area contributed by atoms with Crippen LogP contribution in [0.15, 0.2) is 52.4 Å². The summed E-state index contributed by atoms with van der Waals surface area (Å²) in [4.78, 5) is 56.2. The van der Waals surface area contributed by atoms with Gasteiger partial charge >= 0.3 is 11.2 Å². The molecule has 0 unspecified atom stereocenters. The maximum atomic E-state index is 13.1. The molecule has 0 radical (unpaired) electrons. The fourth-order valence-corrected chi connectivity index (χ4v) is 3.63. The predicted octanol–water partition coefficient (Wildman–Crippen LogP) is 0.763. The second-order valence-corrected chi connectivity index (χ2v) is 7.66. The fraction of sp³-hybridized carbons (Fsp3) is 0.304. The third-order valence-corrected chi connectivity index (χ3v) is 5.30. The first-order chi connectivity index (χ1) is 17.5. The highest BCUT2D eigenvalue weighted by molar-refractivity contribution is 6.05. The molecule has 3 N–H and O–H groups in total. The summed E-state index contributed by atoms with van der Waals surface area (Å²) in [5, 5.41) is 0. The second kappa shape index (κ2) is 10.8. The Morgan fingerprint density at radius 3 is 2.53 bits per heavy atom. The van der Waals surface area contributed by atoms with Crippen LogP contribution in [0.3, 0.4) is 0 Å². The molecule has 0 aliphatic heterocycles. The molecule has 0 atom stereocenters. The van der Waals surface area contributed by atoms with Crippen LogP contribution in [-0.2, 0) is 4.74 Å². The van der Waals surface area contributed by atoms with Gasteiger partial charge in [0.2, 0.25) is 0 Å². The number of H-pyrrole nitrogens is 1. The van der Waals surface area contributed by atoms with Crippen molar-refractivity contribution in [1.82, 2.24) is 29.3 Å². The summed E-state index contributed by atoms with van der Waals surface area (Å²) < 4.78 is 7.32. The van der Waals surface area contributed by atoms with Gasteiger partial charge < -0.3 is 20.6 Å². The van der Waals surface area contributed by atoms with E-state index in [1.54, 1.807) is 50.7 Å². The van der Waals surface area contributed by atoms with Gasteiger partial charge in [0.25, 0.3) is 5.91 Å². The summed E-state index contributed by atoms with van der Waals surface area (Å²) in [6.07, 6.45) is 4.64. The molecule has 0 aromatic carbocycles. The first-order valence-corrected chi connectivity index (χ1v) is 11.4. The Labute approximate surface area is 205 Å². The first-order valence-electron chi connectivity index (χ1n) is 11.4. The molecule has 0 fully saturated rings. The van der Waals surface area contributed by atoms with E-state index in [4.69, 9.17) is 4.74 Å². The van der Waals surface area contributed by atoms with Crippen LogP contribution in [0.2, 0.25) is 0 Å². The zero-order chi connectivity index (χ0) is 25.7. The number of aromatic amines is 1. The van der Waals surface area contributed by atoms with Crippen molar-refractivity contribution in [2.45, 2.75) is 13.8 Å². The summed E-state index contributed by atoms with van der Waals surface area (Å²) in [5.74, 6) is 0.506. The summed E-state index contributed by atoms with van der Waals surface area (Å²) in [6.45, 7) is 5.06. The van der Waals surface area contributed by atoms with Gasteiger partial charge in [-0.3, -0.25) is 19.5 Å². The van der Waals surface area contributed by atoms with Crippen molar-refractivity contribution in [3.63, 3.8) is 0 Å². The van der Waals surface area contributed by atoms with Crippen LogP contribution in [0, 0.1) is 0 Å². The number of aromatic nitrogens is 6. The van der Waals surface area contributed by atoms with Gasteiger partial charge in [-0.15, -0.1) is 0 Å². The van der Waals surface area contributed by atoms with E-state index in [0.29, 0.717) is 49.0 Å². The quantitative estimate of drug-likeness (QED) is 0.291. The number of hydrogen-bond acceptors (Lipinski definition) is 9. The van der Waals surface area contributed by atoms with E-state index >= 15 is 0 Å². The van der Waals surface area contributed by atoms with Crippen molar-refractivity contribution in [3.8, 4) is 11.4 Å². The smallest absolute Gasteiger partial charge is 0.370 e. The zero-order valence-corrected chi connectivity index (χ0v) is 20.2. The highest BCUT2D eigenvalue weighted by Crippen LogP contribution is 2.21. The van der Waals surface area contributed by atoms with Crippen LogP contribution >= 0.6 is 0 Å². The van der Waals surface area contributed by atoms with Gasteiger partial charge in [0.15, 0.2) is 11.2 Å². The summed E-state index contributed by atoms with van der Waals surface area (Å²) in [6, 6.07) is 6.79. The molecule has 1 amide bonds. The molecule has 0 saturated heterocycles. The Bertz CT molecular complexity index is 1460. The summed E-state index contributed by atoms with van der Waals surface area (Å²) in [7, 11) is 1.56. The van der Waals surface area contributed by atoms with Gasteiger partial charge in [-0.25, -0.2) is 14.8 Å². The third kappa shape index (κ3) is 4.68. The van der Waals surface area contributed by atoms with Gasteiger partial charge in [-0.2, -0.15) is 9.35 Å². The first kappa shape index (κ1) is 24.6. The molecule has 188 valence electrons. The lowest BCUT2D eigenvalue weighted by Crippen LogP contribution is -2.47. The maximum Gasteiger partial charge on any atom is 0.370 e. The molecule has 4 aromatic heterocycles. The number of methoxy groups -OCH3 is 1. The molecule has 13 heteroatoms. The topological polar surface area (TPSA) is 152 Å². The SMILES string of the molecule is CCNn1c(=O)c2[nH]c(-c3ccc(N(CCOC)C(=O)c4cccnc4)nc3)nc2n(NCC)c1=O. The van der Waals surface area contributed by atoms with Crippen LogP contribution in [0.1, 0.15) is 24.2 Å². The van der Waals surface area contributed by atoms with Crippen molar-refractivity contribution in [3.05, 3.63) is 69.3 Å². The van der Waals surface area contributed by atoms with E-state index in [2.05, 4.69) is 30.8 Å². The van der Waals surface area contributed by atoms with E-state index in [1.165, 1.54) is 15.8 Å². The number of nitrogens with zero attached hydrogens (tertiary/aromatic N) is 6. The number of nitrogens with one attached hydrogen (secondary N) is 3. The molecule has 4 rings (SSSR count). The number of rotatable bonds is 10. The number of pyridine rings is 2. The number of imidazole rings is 1. The van der Waals surface area contributed by atoms with Crippen molar-refractivity contribution in [2.24, 2.45) is 0 Å². The average molecular weight is 494 g/mol. The number of hydrogen-bond donors (Lipinski definition) is 3. The zero-order valence-electron chi connectivity index (χ0n) is 20.2. The number of carbonyl (C=O) groups excluding carboxylic acids is 1. The van der Waals surface area contributed by atoms with Crippen molar-refractivity contribution in [1.29, 1.82) is 0 Å². The summed E-state index contributed by atoms with van der Waals surface area (Å²) >= 11 is 0. The van der Waals surface area contributed by atoms with Gasteiger partial charge in [0, 0.05) is 44.4 Å². The van der Waals surface area contributed by atoms with E-state index in [0.717, 1.165) is 4.68 Å². The number of anilines is 1. The molecule has 0 saturated carbocycles. The minimum atomic E-state index is -0.578. The average Bonchev–Trinajstić information content (AvgIpc) is 3.35. The minimum Gasteiger partial charge on any atom is -0.383 e. The molecule has 36 heavy (non-hydrogen) atoms. The van der Waals surface area contributed by atoms with Gasteiger partial charge in [0.1, 0.15) is 11.6 Å². The fourth-order valence-electron chi connectivity index (χ4n) is 3.63. The Morgan fingerprint density at radius 1 is 1.11 bits per heavy atom. The molecular formula is C23H27N9O4. The molecule has 0 aliphatic carbocycles. The minimum absolute atomic E-state index is 0.157. The third-order valence-electron chi connectivity index (χ3n) is 5.30. The Morgan fingerprint density at radius 2 is 1.89 bits per heavy atom. The molecule has 13 nitrogen and oxygen atoms in total. The maximum absolute atomic E-state index is 13.1. The second-order valence-electron chi connectivity index (χ2n) is 7.66. The number of ether oxygens (including phenoxy) is 1. The van der Waals surface area contributed by atoms with E-state index in [9.17, 15) is 14.4 Å². The van der Waals surface area contributed by atoms with Crippen LogP contribution in [0.4, 0.5) is 5.82 Å². The highest BCUT2D eigenvalue weighted by atomic mass is 16.5. The molecule has 4 heterocycles. The lowest BCUT2D eigenvalue weighted by Gasteiger charge is -2.21. The van der Waals surface area contributed by atoms with E-state index < -0.39 is 11.2 Å². The Kier molecular flexibility index (Phi) is 7.39. The Balaban J connectivity index is 1.73. The largest absolute Gasteiger partial charge is 0.383 e. The number of amides is 1.